The molecule has 0 atom stereocenters. The molecular weight excluding hydrogens is 176 g/mol. The molecule has 0 aliphatic rings. The maximum Gasteiger partial charge on any atom is 0.179 e. The number of ketones is 1. The Morgan fingerprint density at radius 1 is 1.57 bits per heavy atom. The zero-order valence-corrected chi connectivity index (χ0v) is 9.37. The summed E-state index contributed by atoms with van der Waals surface area (Å²) in [6, 6.07) is 1.91. The molecule has 1 rings (SSSR count). The van der Waals surface area contributed by atoms with Gasteiger partial charge in [0.2, 0.25) is 0 Å². The summed E-state index contributed by atoms with van der Waals surface area (Å²) in [6.07, 6.45) is 0.980. The molecule has 14 heavy (non-hydrogen) atoms. The molecule has 3 nitrogen and oxygen atoms in total. The number of hydrogen-bond donors (Lipinski definition) is 0. The van der Waals surface area contributed by atoms with Crippen molar-refractivity contribution in [3.8, 4) is 0 Å². The lowest BCUT2D eigenvalue weighted by atomic mass is 10.1. The Morgan fingerprint density at radius 3 is 2.64 bits per heavy atom. The second-order valence-electron chi connectivity index (χ2n) is 3.99. The van der Waals surface area contributed by atoms with Gasteiger partial charge in [-0.3, -0.25) is 9.48 Å². The third-order valence-electron chi connectivity index (χ3n) is 2.14. The van der Waals surface area contributed by atoms with Gasteiger partial charge in [-0.05, 0) is 25.3 Å². The summed E-state index contributed by atoms with van der Waals surface area (Å²) >= 11 is 0. The van der Waals surface area contributed by atoms with Crippen LogP contribution in [0.3, 0.4) is 0 Å². The van der Waals surface area contributed by atoms with Crippen LogP contribution < -0.4 is 0 Å². The van der Waals surface area contributed by atoms with Crippen LogP contribution in [0.5, 0.6) is 0 Å². The molecule has 0 spiro atoms. The summed E-state index contributed by atoms with van der Waals surface area (Å²) in [4.78, 5) is 11.1. The molecule has 0 saturated heterocycles. The highest BCUT2D eigenvalue weighted by Crippen LogP contribution is 2.10. The fourth-order valence-corrected chi connectivity index (χ4v) is 1.48. The van der Waals surface area contributed by atoms with Gasteiger partial charge in [0.15, 0.2) is 5.78 Å². The fourth-order valence-electron chi connectivity index (χ4n) is 1.48. The van der Waals surface area contributed by atoms with Crippen molar-refractivity contribution in [2.45, 2.75) is 40.7 Å². The second-order valence-corrected chi connectivity index (χ2v) is 3.99. The maximum atomic E-state index is 11.1. The first-order valence-corrected chi connectivity index (χ1v) is 5.12. The molecular formula is C11H18N2O. The molecule has 0 bridgehead atoms. The van der Waals surface area contributed by atoms with E-state index in [9.17, 15) is 4.79 Å². The SMILES string of the molecule is CCn1nc(C(C)=O)cc1CC(C)C. The molecule has 0 aliphatic carbocycles. The molecule has 0 saturated carbocycles. The first-order valence-electron chi connectivity index (χ1n) is 5.12. The average Bonchev–Trinajstić information content (AvgIpc) is 2.46. The van der Waals surface area contributed by atoms with Crippen molar-refractivity contribution in [2.75, 3.05) is 0 Å². The molecule has 0 unspecified atom stereocenters. The lowest BCUT2D eigenvalue weighted by Gasteiger charge is -2.06. The van der Waals surface area contributed by atoms with Gasteiger partial charge in [0.25, 0.3) is 0 Å². The first kappa shape index (κ1) is 11.0. The van der Waals surface area contributed by atoms with Crippen molar-refractivity contribution >= 4 is 5.78 Å². The van der Waals surface area contributed by atoms with E-state index in [1.807, 2.05) is 17.7 Å². The number of aryl methyl sites for hydroxylation is 1. The lowest BCUT2D eigenvalue weighted by Crippen LogP contribution is -2.05. The van der Waals surface area contributed by atoms with Gasteiger partial charge in [-0.25, -0.2) is 0 Å². The van der Waals surface area contributed by atoms with Crippen molar-refractivity contribution in [3.05, 3.63) is 17.5 Å². The van der Waals surface area contributed by atoms with Gasteiger partial charge in [-0.15, -0.1) is 0 Å². The predicted molar refractivity (Wildman–Crippen MR) is 56.4 cm³/mol. The van der Waals surface area contributed by atoms with Crippen LogP contribution in [0.15, 0.2) is 6.07 Å². The molecule has 1 heterocycles. The summed E-state index contributed by atoms with van der Waals surface area (Å²) in [6.45, 7) is 8.76. The van der Waals surface area contributed by atoms with Gasteiger partial charge in [0.05, 0.1) is 0 Å². The molecule has 0 radical (unpaired) electrons. The Hall–Kier alpha value is -1.12. The predicted octanol–water partition coefficient (Wildman–Crippen LogP) is 2.30. The van der Waals surface area contributed by atoms with Crippen molar-refractivity contribution < 1.29 is 4.79 Å². The van der Waals surface area contributed by atoms with E-state index in [4.69, 9.17) is 0 Å². The Bertz CT molecular complexity index is 326. The van der Waals surface area contributed by atoms with Crippen molar-refractivity contribution in [1.82, 2.24) is 9.78 Å². The molecule has 3 heteroatoms. The van der Waals surface area contributed by atoms with Crippen LogP contribution in [-0.4, -0.2) is 15.6 Å². The average molecular weight is 194 g/mol. The van der Waals surface area contributed by atoms with Crippen LogP contribution in [0.25, 0.3) is 0 Å². The van der Waals surface area contributed by atoms with Gasteiger partial charge >= 0.3 is 0 Å². The molecule has 1 aromatic rings. The van der Waals surface area contributed by atoms with Crippen LogP contribution in [0, 0.1) is 5.92 Å². The van der Waals surface area contributed by atoms with Gasteiger partial charge in [0.1, 0.15) is 5.69 Å². The standard InChI is InChI=1S/C11H18N2O/c1-5-13-10(6-8(2)3)7-11(12-13)9(4)14/h7-8H,5-6H2,1-4H3. The minimum atomic E-state index is 0.0437. The number of hydrogen-bond acceptors (Lipinski definition) is 2. The number of rotatable bonds is 4. The minimum absolute atomic E-state index is 0.0437. The summed E-state index contributed by atoms with van der Waals surface area (Å²) in [5, 5.41) is 4.25. The van der Waals surface area contributed by atoms with Crippen LogP contribution in [-0.2, 0) is 13.0 Å². The molecule has 78 valence electrons. The van der Waals surface area contributed by atoms with E-state index in [0.29, 0.717) is 11.6 Å². The van der Waals surface area contributed by atoms with Gasteiger partial charge < -0.3 is 0 Å². The van der Waals surface area contributed by atoms with Crippen molar-refractivity contribution in [3.63, 3.8) is 0 Å². The third-order valence-corrected chi connectivity index (χ3v) is 2.14. The number of carbonyl (C=O) groups is 1. The van der Waals surface area contributed by atoms with E-state index in [0.717, 1.165) is 18.7 Å². The van der Waals surface area contributed by atoms with Crippen molar-refractivity contribution in [1.29, 1.82) is 0 Å². The molecule has 0 aliphatic heterocycles. The Morgan fingerprint density at radius 2 is 2.21 bits per heavy atom. The summed E-state index contributed by atoms with van der Waals surface area (Å²) in [5.41, 5.74) is 1.75. The minimum Gasteiger partial charge on any atom is -0.293 e. The summed E-state index contributed by atoms with van der Waals surface area (Å²) in [7, 11) is 0. The van der Waals surface area contributed by atoms with E-state index in [1.54, 1.807) is 6.92 Å². The molecule has 1 aromatic heterocycles. The van der Waals surface area contributed by atoms with Crippen LogP contribution in [0.4, 0.5) is 0 Å². The van der Waals surface area contributed by atoms with Gasteiger partial charge in [-0.1, -0.05) is 13.8 Å². The maximum absolute atomic E-state index is 11.1. The van der Waals surface area contributed by atoms with E-state index in [1.165, 1.54) is 0 Å². The smallest absolute Gasteiger partial charge is 0.179 e. The molecule has 0 aromatic carbocycles. The summed E-state index contributed by atoms with van der Waals surface area (Å²) in [5.74, 6) is 0.638. The van der Waals surface area contributed by atoms with E-state index in [2.05, 4.69) is 18.9 Å². The Balaban J connectivity index is 2.96. The van der Waals surface area contributed by atoms with Gasteiger partial charge in [0, 0.05) is 19.2 Å². The van der Waals surface area contributed by atoms with E-state index < -0.39 is 0 Å². The quantitative estimate of drug-likeness (QED) is 0.689. The van der Waals surface area contributed by atoms with Crippen LogP contribution >= 0.6 is 0 Å². The van der Waals surface area contributed by atoms with Crippen LogP contribution in [0.1, 0.15) is 43.9 Å². The van der Waals surface area contributed by atoms with Gasteiger partial charge in [-0.2, -0.15) is 5.10 Å². The van der Waals surface area contributed by atoms with Crippen LogP contribution in [0.2, 0.25) is 0 Å². The van der Waals surface area contributed by atoms with Crippen molar-refractivity contribution in [2.24, 2.45) is 5.92 Å². The molecule has 0 N–H and O–H groups in total. The van der Waals surface area contributed by atoms with E-state index >= 15 is 0 Å². The number of Topliss-reactive ketones (excluding diaryl/α,β-unsaturated/α-hetero) is 1. The van der Waals surface area contributed by atoms with E-state index in [-0.39, 0.29) is 5.78 Å². The fraction of sp³-hybridized carbons (Fsp3) is 0.636. The zero-order chi connectivity index (χ0) is 10.7. The monoisotopic (exact) mass is 194 g/mol. The highest BCUT2D eigenvalue weighted by atomic mass is 16.1. The zero-order valence-electron chi connectivity index (χ0n) is 9.37. The number of carbonyl (C=O) groups excluding carboxylic acids is 1. The Labute approximate surface area is 85.1 Å². The highest BCUT2D eigenvalue weighted by molar-refractivity contribution is 5.92. The third kappa shape index (κ3) is 2.44. The topological polar surface area (TPSA) is 34.9 Å². The number of aromatic nitrogens is 2. The summed E-state index contributed by atoms with van der Waals surface area (Å²) < 4.78 is 1.91. The largest absolute Gasteiger partial charge is 0.293 e. The number of nitrogens with zero attached hydrogens (tertiary/aromatic N) is 2. The highest BCUT2D eigenvalue weighted by Gasteiger charge is 2.10. The Kier molecular flexibility index (Phi) is 3.44. The lowest BCUT2D eigenvalue weighted by molar-refractivity contribution is 0.101. The molecule has 0 amide bonds. The normalized spacial score (nSPS) is 10.9. The second kappa shape index (κ2) is 4.40. The first-order chi connectivity index (χ1) is 6.54. The molecule has 0 fully saturated rings.